The van der Waals surface area contributed by atoms with Gasteiger partial charge in [-0.15, -0.1) is 0 Å². The zero-order chi connectivity index (χ0) is 16.8. The van der Waals surface area contributed by atoms with Crippen molar-refractivity contribution in [2.24, 2.45) is 4.99 Å². The molecule has 2 atom stereocenters. The van der Waals surface area contributed by atoms with Crippen LogP contribution >= 0.6 is 11.8 Å². The molecule has 6 nitrogen and oxygen atoms in total. The molecule has 1 fully saturated rings. The van der Waals surface area contributed by atoms with Gasteiger partial charge in [0.05, 0.1) is 7.11 Å². The maximum Gasteiger partial charge on any atom is 0.240 e. The molecule has 1 aliphatic rings. The average molecular weight is 335 g/mol. The van der Waals surface area contributed by atoms with E-state index in [4.69, 9.17) is 4.74 Å². The van der Waals surface area contributed by atoms with E-state index in [0.29, 0.717) is 10.9 Å². The molecule has 7 heteroatoms. The standard InChI is InChI=1S/C16H21N3O3S/c1-4-10(2)17-16-19-15(21)13(23-16)9-14(20)18-11-5-7-12(22-3)8-6-11/h5-8,10,13H,4,9H2,1-3H3,(H,18,20)(H,17,19,21)/t10-,13-/m1/s1. The lowest BCUT2D eigenvalue weighted by Crippen LogP contribution is -2.28. The number of hydrogen-bond acceptors (Lipinski definition) is 5. The van der Waals surface area contributed by atoms with Gasteiger partial charge in [-0.3, -0.25) is 14.6 Å². The van der Waals surface area contributed by atoms with Crippen molar-refractivity contribution in [3.05, 3.63) is 24.3 Å². The molecule has 1 aromatic rings. The SMILES string of the molecule is CC[C@@H](C)N=C1NC(=O)[C@@H](CC(=O)Nc2ccc(OC)cc2)S1. The van der Waals surface area contributed by atoms with Gasteiger partial charge in [0, 0.05) is 18.2 Å². The first kappa shape index (κ1) is 17.3. The van der Waals surface area contributed by atoms with E-state index in [9.17, 15) is 9.59 Å². The molecule has 1 saturated heterocycles. The molecule has 0 saturated carbocycles. The number of thioether (sulfide) groups is 1. The number of carbonyl (C=O) groups is 2. The first-order valence-electron chi connectivity index (χ1n) is 7.51. The van der Waals surface area contributed by atoms with E-state index >= 15 is 0 Å². The summed E-state index contributed by atoms with van der Waals surface area (Å²) in [6, 6.07) is 7.21. The van der Waals surface area contributed by atoms with Crippen LogP contribution in [0.5, 0.6) is 5.75 Å². The van der Waals surface area contributed by atoms with E-state index in [2.05, 4.69) is 15.6 Å². The lowest BCUT2D eigenvalue weighted by atomic mass is 10.2. The summed E-state index contributed by atoms with van der Waals surface area (Å²) in [5.74, 6) is 0.356. The van der Waals surface area contributed by atoms with E-state index in [1.54, 1.807) is 31.4 Å². The lowest BCUT2D eigenvalue weighted by Gasteiger charge is -2.08. The summed E-state index contributed by atoms with van der Waals surface area (Å²) in [5, 5.41) is 5.68. The molecular formula is C16H21N3O3S. The summed E-state index contributed by atoms with van der Waals surface area (Å²) in [6.45, 7) is 4.03. The minimum Gasteiger partial charge on any atom is -0.497 e. The summed E-state index contributed by atoms with van der Waals surface area (Å²) in [7, 11) is 1.59. The highest BCUT2D eigenvalue weighted by Gasteiger charge is 2.32. The largest absolute Gasteiger partial charge is 0.497 e. The number of amides is 2. The van der Waals surface area contributed by atoms with Crippen molar-refractivity contribution in [3.8, 4) is 5.75 Å². The minimum atomic E-state index is -0.434. The Hall–Kier alpha value is -2.02. The van der Waals surface area contributed by atoms with Gasteiger partial charge >= 0.3 is 0 Å². The topological polar surface area (TPSA) is 79.8 Å². The Labute approximate surface area is 140 Å². The number of nitrogens with zero attached hydrogens (tertiary/aromatic N) is 1. The van der Waals surface area contributed by atoms with Gasteiger partial charge in [-0.2, -0.15) is 0 Å². The lowest BCUT2D eigenvalue weighted by molar-refractivity contribution is -0.122. The predicted molar refractivity (Wildman–Crippen MR) is 93.0 cm³/mol. The molecule has 0 bridgehead atoms. The van der Waals surface area contributed by atoms with Gasteiger partial charge in [0.15, 0.2) is 5.17 Å². The van der Waals surface area contributed by atoms with Crippen molar-refractivity contribution < 1.29 is 14.3 Å². The number of ether oxygens (including phenoxy) is 1. The Balaban J connectivity index is 1.89. The first-order chi connectivity index (χ1) is 11.0. The van der Waals surface area contributed by atoms with Crippen LogP contribution in [0.4, 0.5) is 5.69 Å². The van der Waals surface area contributed by atoms with E-state index in [0.717, 1.165) is 12.2 Å². The molecule has 124 valence electrons. The van der Waals surface area contributed by atoms with Crippen molar-refractivity contribution in [1.82, 2.24) is 5.32 Å². The number of methoxy groups -OCH3 is 1. The van der Waals surface area contributed by atoms with Crippen LogP contribution in [0.25, 0.3) is 0 Å². The van der Waals surface area contributed by atoms with Crippen LogP contribution in [-0.4, -0.2) is 35.4 Å². The van der Waals surface area contributed by atoms with Crippen LogP contribution in [0.3, 0.4) is 0 Å². The maximum atomic E-state index is 12.1. The van der Waals surface area contributed by atoms with Crippen molar-refractivity contribution in [2.75, 3.05) is 12.4 Å². The van der Waals surface area contributed by atoms with Crippen molar-refractivity contribution >= 4 is 34.4 Å². The van der Waals surface area contributed by atoms with Crippen LogP contribution in [-0.2, 0) is 9.59 Å². The Morgan fingerprint density at radius 1 is 1.43 bits per heavy atom. The summed E-state index contributed by atoms with van der Waals surface area (Å²) in [5.41, 5.74) is 0.674. The number of aliphatic imine (C=N–C) groups is 1. The van der Waals surface area contributed by atoms with Crippen LogP contribution in [0.15, 0.2) is 29.3 Å². The molecule has 2 rings (SSSR count). The number of anilines is 1. The molecule has 2 N–H and O–H groups in total. The normalized spacial score (nSPS) is 20.2. The van der Waals surface area contributed by atoms with Crippen LogP contribution < -0.4 is 15.4 Å². The molecule has 0 aromatic heterocycles. The van der Waals surface area contributed by atoms with Gasteiger partial charge in [0.2, 0.25) is 11.8 Å². The fourth-order valence-electron chi connectivity index (χ4n) is 1.95. The molecule has 1 heterocycles. The van der Waals surface area contributed by atoms with Crippen LogP contribution in [0.1, 0.15) is 26.7 Å². The van der Waals surface area contributed by atoms with E-state index in [-0.39, 0.29) is 24.3 Å². The van der Waals surface area contributed by atoms with Crippen LogP contribution in [0, 0.1) is 0 Å². The van der Waals surface area contributed by atoms with Gasteiger partial charge in [-0.05, 0) is 37.6 Å². The Morgan fingerprint density at radius 2 is 2.13 bits per heavy atom. The molecule has 0 spiro atoms. The van der Waals surface area contributed by atoms with Crippen molar-refractivity contribution in [2.45, 2.75) is 38.0 Å². The third kappa shape index (κ3) is 4.99. The van der Waals surface area contributed by atoms with E-state index in [1.165, 1.54) is 11.8 Å². The van der Waals surface area contributed by atoms with Gasteiger partial charge in [-0.25, -0.2) is 0 Å². The molecule has 0 unspecified atom stereocenters. The number of rotatable bonds is 6. The zero-order valence-corrected chi connectivity index (χ0v) is 14.3. The van der Waals surface area contributed by atoms with Crippen LogP contribution in [0.2, 0.25) is 0 Å². The minimum absolute atomic E-state index is 0.113. The Bertz CT molecular complexity index is 601. The number of benzene rings is 1. The van der Waals surface area contributed by atoms with Crippen molar-refractivity contribution in [3.63, 3.8) is 0 Å². The summed E-state index contributed by atoms with van der Waals surface area (Å²) >= 11 is 1.32. The third-order valence-electron chi connectivity index (χ3n) is 3.45. The molecule has 2 amide bonds. The fourth-order valence-corrected chi connectivity index (χ4v) is 3.02. The second-order valence-corrected chi connectivity index (χ2v) is 6.46. The molecule has 23 heavy (non-hydrogen) atoms. The summed E-state index contributed by atoms with van der Waals surface area (Å²) < 4.78 is 5.07. The number of amidine groups is 1. The van der Waals surface area contributed by atoms with Gasteiger partial charge in [0.1, 0.15) is 11.0 Å². The maximum absolute atomic E-state index is 12.1. The molecule has 0 radical (unpaired) electrons. The smallest absolute Gasteiger partial charge is 0.240 e. The van der Waals surface area contributed by atoms with Gasteiger partial charge < -0.3 is 15.4 Å². The Kier molecular flexibility index (Phi) is 6.04. The highest BCUT2D eigenvalue weighted by molar-refractivity contribution is 8.15. The highest BCUT2D eigenvalue weighted by atomic mass is 32.2. The monoisotopic (exact) mass is 335 g/mol. The molecular weight excluding hydrogens is 314 g/mol. The first-order valence-corrected chi connectivity index (χ1v) is 8.39. The molecule has 1 aromatic carbocycles. The van der Waals surface area contributed by atoms with E-state index < -0.39 is 5.25 Å². The number of nitrogens with one attached hydrogen (secondary N) is 2. The summed E-state index contributed by atoms with van der Waals surface area (Å²) in [4.78, 5) is 28.4. The predicted octanol–water partition coefficient (Wildman–Crippen LogP) is 2.41. The van der Waals surface area contributed by atoms with Gasteiger partial charge in [-0.1, -0.05) is 18.7 Å². The molecule has 1 aliphatic heterocycles. The number of carbonyl (C=O) groups excluding carboxylic acids is 2. The Morgan fingerprint density at radius 3 is 2.74 bits per heavy atom. The van der Waals surface area contributed by atoms with E-state index in [1.807, 2.05) is 13.8 Å². The zero-order valence-electron chi connectivity index (χ0n) is 13.5. The third-order valence-corrected chi connectivity index (χ3v) is 4.55. The quantitative estimate of drug-likeness (QED) is 0.837. The second-order valence-electron chi connectivity index (χ2n) is 5.27. The average Bonchev–Trinajstić information content (AvgIpc) is 2.87. The fraction of sp³-hybridized carbons (Fsp3) is 0.438. The van der Waals surface area contributed by atoms with Gasteiger partial charge in [0.25, 0.3) is 0 Å². The second kappa shape index (κ2) is 8.01. The summed E-state index contributed by atoms with van der Waals surface area (Å²) in [6.07, 6.45) is 1.02. The van der Waals surface area contributed by atoms with Crippen molar-refractivity contribution in [1.29, 1.82) is 0 Å². The molecule has 0 aliphatic carbocycles. The number of hydrogen-bond donors (Lipinski definition) is 2. The highest BCUT2D eigenvalue weighted by Crippen LogP contribution is 2.24.